The van der Waals surface area contributed by atoms with Crippen LogP contribution < -0.4 is 9.80 Å². The van der Waals surface area contributed by atoms with Crippen LogP contribution in [0.1, 0.15) is 18.2 Å². The highest BCUT2D eigenvalue weighted by atomic mass is 35.5. The van der Waals surface area contributed by atoms with Gasteiger partial charge in [0.15, 0.2) is 5.65 Å². The molecule has 0 aliphatic carbocycles. The zero-order valence-electron chi connectivity index (χ0n) is 14.8. The molecule has 4 rings (SSSR count). The highest BCUT2D eigenvalue weighted by molar-refractivity contribution is 6.32. The zero-order valence-corrected chi connectivity index (χ0v) is 15.6. The highest BCUT2D eigenvalue weighted by Crippen LogP contribution is 2.33. The van der Waals surface area contributed by atoms with E-state index in [2.05, 4.69) is 36.9 Å². The van der Waals surface area contributed by atoms with Crippen molar-refractivity contribution in [3.05, 3.63) is 34.7 Å². The van der Waals surface area contributed by atoms with Gasteiger partial charge in [0.05, 0.1) is 16.1 Å². The lowest BCUT2D eigenvalue weighted by atomic mass is 10.1. The highest BCUT2D eigenvalue weighted by Gasteiger charge is 2.23. The SMILES string of the molecule is CCc1n[nH]c2ncnc(N3CCN(c4cc(Cl)c(O)cc4C)CC3)c12. The van der Waals surface area contributed by atoms with Crippen molar-refractivity contribution in [3.63, 3.8) is 0 Å². The first-order chi connectivity index (χ1) is 12.6. The molecule has 7 nitrogen and oxygen atoms in total. The fourth-order valence-electron chi connectivity index (χ4n) is 3.55. The molecule has 0 unspecified atom stereocenters. The normalized spacial score (nSPS) is 15.0. The number of nitrogens with zero attached hydrogens (tertiary/aromatic N) is 5. The molecular formula is C18H21ClN6O. The molecule has 2 aromatic heterocycles. The molecule has 2 N–H and O–H groups in total. The van der Waals surface area contributed by atoms with E-state index in [0.29, 0.717) is 5.02 Å². The van der Waals surface area contributed by atoms with E-state index < -0.39 is 0 Å². The summed E-state index contributed by atoms with van der Waals surface area (Å²) >= 11 is 6.10. The maximum Gasteiger partial charge on any atom is 0.160 e. The summed E-state index contributed by atoms with van der Waals surface area (Å²) in [6.45, 7) is 7.47. The second-order valence-electron chi connectivity index (χ2n) is 6.51. The number of phenolic OH excluding ortho intramolecular Hbond substituents is 1. The Hall–Kier alpha value is -2.54. The van der Waals surface area contributed by atoms with Crippen LogP contribution in [-0.2, 0) is 6.42 Å². The monoisotopic (exact) mass is 372 g/mol. The Labute approximate surface area is 156 Å². The molecule has 0 saturated carbocycles. The molecule has 0 amide bonds. The molecular weight excluding hydrogens is 352 g/mol. The predicted molar refractivity (Wildman–Crippen MR) is 103 cm³/mol. The van der Waals surface area contributed by atoms with Gasteiger partial charge in [0.1, 0.15) is 17.9 Å². The largest absolute Gasteiger partial charge is 0.506 e. The summed E-state index contributed by atoms with van der Waals surface area (Å²) in [7, 11) is 0. The van der Waals surface area contributed by atoms with Gasteiger partial charge in [0.2, 0.25) is 0 Å². The fourth-order valence-corrected chi connectivity index (χ4v) is 3.71. The maximum absolute atomic E-state index is 9.76. The number of rotatable bonds is 3. The van der Waals surface area contributed by atoms with Gasteiger partial charge in [-0.3, -0.25) is 5.10 Å². The van der Waals surface area contributed by atoms with Crippen LogP contribution in [0, 0.1) is 6.92 Å². The number of hydrogen-bond acceptors (Lipinski definition) is 6. The number of benzene rings is 1. The minimum Gasteiger partial charge on any atom is -0.506 e. The van der Waals surface area contributed by atoms with Gasteiger partial charge in [-0.15, -0.1) is 0 Å². The third kappa shape index (κ3) is 2.82. The number of aromatic nitrogens is 4. The Morgan fingerprint density at radius 3 is 2.62 bits per heavy atom. The molecule has 3 aromatic rings. The number of phenols is 1. The molecule has 0 bridgehead atoms. The Morgan fingerprint density at radius 1 is 1.15 bits per heavy atom. The van der Waals surface area contributed by atoms with E-state index in [0.717, 1.165) is 66.4 Å². The lowest BCUT2D eigenvalue weighted by molar-refractivity contribution is 0.475. The van der Waals surface area contributed by atoms with Crippen molar-refractivity contribution < 1.29 is 5.11 Å². The molecule has 1 aromatic carbocycles. The molecule has 1 fully saturated rings. The molecule has 1 saturated heterocycles. The Bertz CT molecular complexity index is 948. The van der Waals surface area contributed by atoms with Crippen LogP contribution in [-0.4, -0.2) is 51.5 Å². The first kappa shape index (κ1) is 16.9. The zero-order chi connectivity index (χ0) is 18.3. The Kier molecular flexibility index (Phi) is 4.32. The Balaban J connectivity index is 1.58. The number of H-pyrrole nitrogens is 1. The van der Waals surface area contributed by atoms with Crippen LogP contribution in [0.5, 0.6) is 5.75 Å². The molecule has 3 heterocycles. The van der Waals surface area contributed by atoms with Crippen molar-refractivity contribution in [3.8, 4) is 5.75 Å². The van der Waals surface area contributed by atoms with Crippen molar-refractivity contribution in [1.29, 1.82) is 0 Å². The molecule has 1 aliphatic rings. The fraction of sp³-hybridized carbons (Fsp3) is 0.389. The number of hydrogen-bond donors (Lipinski definition) is 2. The predicted octanol–water partition coefficient (Wildman–Crippen LogP) is 2.91. The van der Waals surface area contributed by atoms with E-state index in [1.807, 2.05) is 13.0 Å². The van der Waals surface area contributed by atoms with E-state index >= 15 is 0 Å². The van der Waals surface area contributed by atoms with Gasteiger partial charge in [0.25, 0.3) is 0 Å². The quantitative estimate of drug-likeness (QED) is 0.735. The van der Waals surface area contributed by atoms with Crippen LogP contribution >= 0.6 is 11.6 Å². The number of fused-ring (bicyclic) bond motifs is 1. The number of aromatic hydroxyl groups is 1. The van der Waals surface area contributed by atoms with E-state index in [1.165, 1.54) is 0 Å². The Morgan fingerprint density at radius 2 is 1.88 bits per heavy atom. The minimum atomic E-state index is 0.127. The summed E-state index contributed by atoms with van der Waals surface area (Å²) in [6, 6.07) is 3.56. The molecule has 136 valence electrons. The summed E-state index contributed by atoms with van der Waals surface area (Å²) in [5.74, 6) is 1.07. The lowest BCUT2D eigenvalue weighted by Crippen LogP contribution is -2.47. The van der Waals surface area contributed by atoms with Crippen molar-refractivity contribution in [2.75, 3.05) is 36.0 Å². The standard InChI is InChI=1S/C18H21ClN6O/c1-3-13-16-17(23-22-13)20-10-21-18(16)25-6-4-24(5-7-25)14-9-12(19)15(26)8-11(14)2/h8-10,26H,3-7H2,1-2H3,(H,20,21,22,23). The first-order valence-corrected chi connectivity index (χ1v) is 9.13. The number of anilines is 2. The van der Waals surface area contributed by atoms with E-state index in [-0.39, 0.29) is 5.75 Å². The van der Waals surface area contributed by atoms with Gasteiger partial charge < -0.3 is 14.9 Å². The van der Waals surface area contributed by atoms with E-state index in [9.17, 15) is 5.11 Å². The third-order valence-electron chi connectivity index (χ3n) is 4.93. The summed E-state index contributed by atoms with van der Waals surface area (Å²) in [5, 5.41) is 18.5. The van der Waals surface area contributed by atoms with E-state index in [1.54, 1.807) is 12.4 Å². The van der Waals surface area contributed by atoms with Crippen molar-refractivity contribution >= 4 is 34.1 Å². The summed E-state index contributed by atoms with van der Waals surface area (Å²) in [6.07, 6.45) is 2.43. The number of piperazine rings is 1. The van der Waals surface area contributed by atoms with Crippen LogP contribution in [0.2, 0.25) is 5.02 Å². The summed E-state index contributed by atoms with van der Waals surface area (Å²) in [4.78, 5) is 13.4. The van der Waals surface area contributed by atoms with Crippen molar-refractivity contribution in [2.24, 2.45) is 0 Å². The summed E-state index contributed by atoms with van der Waals surface area (Å²) < 4.78 is 0. The average Bonchev–Trinajstić information content (AvgIpc) is 3.08. The topological polar surface area (TPSA) is 81.2 Å². The molecule has 8 heteroatoms. The number of aryl methyl sites for hydroxylation is 2. The molecule has 0 spiro atoms. The third-order valence-corrected chi connectivity index (χ3v) is 5.24. The van der Waals surface area contributed by atoms with Gasteiger partial charge in [-0.05, 0) is 31.0 Å². The van der Waals surface area contributed by atoms with Gasteiger partial charge in [-0.1, -0.05) is 18.5 Å². The lowest BCUT2D eigenvalue weighted by Gasteiger charge is -2.37. The molecule has 0 atom stereocenters. The van der Waals surface area contributed by atoms with Gasteiger partial charge in [-0.25, -0.2) is 9.97 Å². The van der Waals surface area contributed by atoms with Gasteiger partial charge in [-0.2, -0.15) is 5.10 Å². The van der Waals surface area contributed by atoms with Gasteiger partial charge >= 0.3 is 0 Å². The molecule has 0 radical (unpaired) electrons. The van der Waals surface area contributed by atoms with Crippen LogP contribution in [0.25, 0.3) is 11.0 Å². The second-order valence-corrected chi connectivity index (χ2v) is 6.92. The maximum atomic E-state index is 9.76. The molecule has 1 aliphatic heterocycles. The van der Waals surface area contributed by atoms with Gasteiger partial charge in [0, 0.05) is 31.9 Å². The smallest absolute Gasteiger partial charge is 0.160 e. The van der Waals surface area contributed by atoms with Crippen molar-refractivity contribution in [2.45, 2.75) is 20.3 Å². The average molecular weight is 373 g/mol. The minimum absolute atomic E-state index is 0.127. The molecule has 26 heavy (non-hydrogen) atoms. The van der Waals surface area contributed by atoms with E-state index in [4.69, 9.17) is 11.6 Å². The first-order valence-electron chi connectivity index (χ1n) is 8.75. The van der Waals surface area contributed by atoms with Crippen LogP contribution in [0.3, 0.4) is 0 Å². The summed E-state index contributed by atoms with van der Waals surface area (Å²) in [5.41, 5.74) is 3.88. The number of aromatic amines is 1. The number of halogens is 1. The second kappa shape index (κ2) is 6.64. The van der Waals surface area contributed by atoms with Crippen LogP contribution in [0.15, 0.2) is 18.5 Å². The van der Waals surface area contributed by atoms with Crippen molar-refractivity contribution in [1.82, 2.24) is 20.2 Å². The number of nitrogens with one attached hydrogen (secondary N) is 1. The van der Waals surface area contributed by atoms with Crippen LogP contribution in [0.4, 0.5) is 11.5 Å².